The molecule has 136 valence electrons. The third-order valence-electron chi connectivity index (χ3n) is 4.41. The van der Waals surface area contributed by atoms with Crippen LogP contribution in [0.5, 0.6) is 5.75 Å². The van der Waals surface area contributed by atoms with Gasteiger partial charge in [0.1, 0.15) is 20.1 Å². The van der Waals surface area contributed by atoms with E-state index in [1.54, 1.807) is 0 Å². The highest BCUT2D eigenvalue weighted by atomic mass is 28.3. The molecule has 0 aliphatic carbocycles. The summed E-state index contributed by atoms with van der Waals surface area (Å²) in [5, 5.41) is 0.198. The molecule has 1 rings (SSSR count). The number of carbonyl (C=O) groups excluding carboxylic acids is 1. The number of hydrogen-bond donors (Lipinski definition) is 0. The van der Waals surface area contributed by atoms with E-state index in [-0.39, 0.29) is 10.8 Å². The second-order valence-corrected chi connectivity index (χ2v) is 12.4. The Bertz CT molecular complexity index is 715. The van der Waals surface area contributed by atoms with Gasteiger partial charge in [0, 0.05) is 5.56 Å². The van der Waals surface area contributed by atoms with Crippen LogP contribution in [0.4, 0.5) is 0 Å². The minimum atomic E-state index is -1.69. The molecule has 0 saturated carbocycles. The number of ether oxygens (including phenoxy) is 3. The van der Waals surface area contributed by atoms with E-state index in [0.29, 0.717) is 5.75 Å². The van der Waals surface area contributed by atoms with Crippen molar-refractivity contribution in [3.8, 4) is 17.2 Å². The van der Waals surface area contributed by atoms with Crippen LogP contribution in [0.15, 0.2) is 30.2 Å². The number of aryl methyl sites for hydroxylation is 1. The van der Waals surface area contributed by atoms with Crippen molar-refractivity contribution in [1.82, 2.24) is 0 Å². The van der Waals surface area contributed by atoms with Crippen LogP contribution in [0.3, 0.4) is 0 Å². The molecule has 1 aromatic carbocycles. The van der Waals surface area contributed by atoms with Gasteiger partial charge in [-0.2, -0.15) is 0 Å². The molecule has 25 heavy (non-hydrogen) atoms. The summed E-state index contributed by atoms with van der Waals surface area (Å²) in [6.07, 6.45) is 1.22. The normalized spacial score (nSPS) is 12.1. The van der Waals surface area contributed by atoms with Gasteiger partial charge in [0.2, 0.25) is 5.76 Å². The summed E-state index contributed by atoms with van der Waals surface area (Å²) in [6.45, 7) is 13.1. The molecule has 0 radical (unpaired) electrons. The first-order chi connectivity index (χ1) is 11.5. The fraction of sp³-hybridized carbons (Fsp3) is 0.450. The first kappa shape index (κ1) is 20.9. The Morgan fingerprint density at radius 2 is 1.84 bits per heavy atom. The SMILES string of the molecule is CO/C=C(\Oc1cc(C#C[Si](C)(C)C(C)(C)C)ccc1C)C(=O)OC. The fourth-order valence-corrected chi connectivity index (χ4v) is 2.48. The fourth-order valence-electron chi connectivity index (χ4n) is 1.64. The lowest BCUT2D eigenvalue weighted by atomic mass is 10.1. The lowest BCUT2D eigenvalue weighted by Gasteiger charge is -2.31. The van der Waals surface area contributed by atoms with Gasteiger partial charge in [0.05, 0.1) is 14.2 Å². The van der Waals surface area contributed by atoms with Crippen molar-refractivity contribution in [2.45, 2.75) is 45.8 Å². The van der Waals surface area contributed by atoms with Gasteiger partial charge in [-0.3, -0.25) is 0 Å². The number of rotatable bonds is 4. The van der Waals surface area contributed by atoms with Gasteiger partial charge < -0.3 is 14.2 Å². The van der Waals surface area contributed by atoms with E-state index in [4.69, 9.17) is 14.2 Å². The quantitative estimate of drug-likeness (QED) is 0.262. The number of hydrogen-bond acceptors (Lipinski definition) is 4. The molecule has 0 aromatic heterocycles. The molecular formula is C20H28O4Si. The van der Waals surface area contributed by atoms with Crippen LogP contribution in [0.1, 0.15) is 31.9 Å². The molecule has 0 saturated heterocycles. The van der Waals surface area contributed by atoms with Crippen LogP contribution in [-0.2, 0) is 14.3 Å². The lowest BCUT2D eigenvalue weighted by molar-refractivity contribution is -0.138. The molecule has 0 amide bonds. The monoisotopic (exact) mass is 360 g/mol. The first-order valence-corrected chi connectivity index (χ1v) is 11.1. The highest BCUT2D eigenvalue weighted by Gasteiger charge is 2.33. The second-order valence-electron chi connectivity index (χ2n) is 7.42. The first-order valence-electron chi connectivity index (χ1n) is 8.15. The van der Waals surface area contributed by atoms with Crippen LogP contribution in [0.25, 0.3) is 0 Å². The van der Waals surface area contributed by atoms with Crippen LogP contribution >= 0.6 is 0 Å². The van der Waals surface area contributed by atoms with Crippen molar-refractivity contribution < 1.29 is 19.0 Å². The van der Waals surface area contributed by atoms with Gasteiger partial charge >= 0.3 is 5.97 Å². The molecule has 1 aromatic rings. The number of benzene rings is 1. The summed E-state index contributed by atoms with van der Waals surface area (Å²) in [5.41, 5.74) is 5.22. The summed E-state index contributed by atoms with van der Waals surface area (Å²) < 4.78 is 15.3. The van der Waals surface area contributed by atoms with E-state index < -0.39 is 14.0 Å². The molecule has 5 heteroatoms. The second kappa shape index (κ2) is 8.26. The van der Waals surface area contributed by atoms with Gasteiger partial charge in [-0.1, -0.05) is 45.9 Å². The molecule has 0 N–H and O–H groups in total. The van der Waals surface area contributed by atoms with Gasteiger partial charge in [0.25, 0.3) is 0 Å². The lowest BCUT2D eigenvalue weighted by Crippen LogP contribution is -2.35. The average Bonchev–Trinajstić information content (AvgIpc) is 2.53. The summed E-state index contributed by atoms with van der Waals surface area (Å²) in [4.78, 5) is 11.8. The Hall–Kier alpha value is -2.19. The van der Waals surface area contributed by atoms with Crippen LogP contribution in [-0.4, -0.2) is 28.3 Å². The minimum absolute atomic E-state index is 0.0115. The van der Waals surface area contributed by atoms with E-state index >= 15 is 0 Å². The van der Waals surface area contributed by atoms with Crippen LogP contribution < -0.4 is 4.74 Å². The molecular weight excluding hydrogens is 332 g/mol. The summed E-state index contributed by atoms with van der Waals surface area (Å²) >= 11 is 0. The number of methoxy groups -OCH3 is 2. The largest absolute Gasteiger partial charge is 0.500 e. The predicted molar refractivity (Wildman–Crippen MR) is 103 cm³/mol. The Morgan fingerprint density at radius 3 is 2.36 bits per heavy atom. The van der Waals surface area contributed by atoms with E-state index in [0.717, 1.165) is 11.1 Å². The third-order valence-corrected chi connectivity index (χ3v) is 8.91. The molecule has 0 spiro atoms. The Balaban J connectivity index is 3.17. The molecule has 0 aliphatic rings. The smallest absolute Gasteiger partial charge is 0.377 e. The zero-order valence-electron chi connectivity index (χ0n) is 16.4. The Morgan fingerprint density at radius 1 is 1.20 bits per heavy atom. The van der Waals surface area contributed by atoms with Crippen molar-refractivity contribution >= 4 is 14.0 Å². The van der Waals surface area contributed by atoms with Crippen molar-refractivity contribution in [3.63, 3.8) is 0 Å². The third kappa shape index (κ3) is 5.68. The maximum absolute atomic E-state index is 11.8. The van der Waals surface area contributed by atoms with Gasteiger partial charge in [-0.05, 0) is 29.7 Å². The summed E-state index contributed by atoms with van der Waals surface area (Å²) in [7, 11) is 1.05. The minimum Gasteiger partial charge on any atom is -0.500 e. The topological polar surface area (TPSA) is 44.8 Å². The van der Waals surface area contributed by atoms with Crippen molar-refractivity contribution in [2.75, 3.05) is 14.2 Å². The van der Waals surface area contributed by atoms with E-state index in [1.165, 1.54) is 20.5 Å². The summed E-state index contributed by atoms with van der Waals surface area (Å²) in [5.74, 6) is 3.21. The highest BCUT2D eigenvalue weighted by molar-refractivity contribution is 6.87. The standard InChI is InChI=1S/C20H28O4Si/c1-15-9-10-16(11-12-25(7,8)20(2,3)4)13-17(15)24-18(14-22-5)19(21)23-6/h9-10,13-14H,1-8H3/b18-14-. The molecule has 0 atom stereocenters. The van der Waals surface area contributed by atoms with Crippen LogP contribution in [0.2, 0.25) is 18.1 Å². The number of carbonyl (C=O) groups is 1. The van der Waals surface area contributed by atoms with E-state index in [1.807, 2.05) is 25.1 Å². The summed E-state index contributed by atoms with van der Waals surface area (Å²) in [6, 6.07) is 5.72. The molecule has 0 unspecified atom stereocenters. The van der Waals surface area contributed by atoms with E-state index in [2.05, 4.69) is 45.3 Å². The molecule has 0 heterocycles. The Kier molecular flexibility index (Phi) is 6.89. The molecule has 0 aliphatic heterocycles. The van der Waals surface area contributed by atoms with E-state index in [9.17, 15) is 4.79 Å². The molecule has 4 nitrogen and oxygen atoms in total. The average molecular weight is 361 g/mol. The van der Waals surface area contributed by atoms with Gasteiger partial charge in [0.15, 0.2) is 0 Å². The zero-order valence-corrected chi connectivity index (χ0v) is 17.4. The van der Waals surface area contributed by atoms with Crippen molar-refractivity contribution in [2.24, 2.45) is 0 Å². The maximum atomic E-state index is 11.8. The predicted octanol–water partition coefficient (Wildman–Crippen LogP) is 4.43. The van der Waals surface area contributed by atoms with Gasteiger partial charge in [-0.15, -0.1) is 5.54 Å². The zero-order chi connectivity index (χ0) is 19.3. The number of esters is 1. The van der Waals surface area contributed by atoms with Crippen LogP contribution in [0, 0.1) is 18.4 Å². The van der Waals surface area contributed by atoms with Crippen molar-refractivity contribution in [3.05, 3.63) is 41.3 Å². The maximum Gasteiger partial charge on any atom is 0.377 e. The Labute approximate surface area is 152 Å². The highest BCUT2D eigenvalue weighted by Crippen LogP contribution is 2.35. The van der Waals surface area contributed by atoms with Crippen molar-refractivity contribution in [1.29, 1.82) is 0 Å². The van der Waals surface area contributed by atoms with Gasteiger partial charge in [-0.25, -0.2) is 4.79 Å². The molecule has 0 bridgehead atoms. The molecule has 0 fully saturated rings.